The van der Waals surface area contributed by atoms with Gasteiger partial charge in [0, 0.05) is 19.3 Å². The van der Waals surface area contributed by atoms with Crippen molar-refractivity contribution in [2.75, 3.05) is 0 Å². The van der Waals surface area contributed by atoms with E-state index in [1.807, 2.05) is 0 Å². The number of hydrogen-bond acceptors (Lipinski definition) is 3. The van der Waals surface area contributed by atoms with Crippen molar-refractivity contribution in [3.63, 3.8) is 0 Å². The second kappa shape index (κ2) is 4.25. The van der Waals surface area contributed by atoms with E-state index in [0.717, 1.165) is 0 Å². The fraction of sp³-hybridized carbons (Fsp3) is 0.182. The van der Waals surface area contributed by atoms with Crippen LogP contribution in [0.15, 0.2) is 24.5 Å². The second-order valence-corrected chi connectivity index (χ2v) is 3.63. The van der Waals surface area contributed by atoms with Gasteiger partial charge in [-0.2, -0.15) is 0 Å². The molecule has 0 unspecified atom stereocenters. The highest BCUT2D eigenvalue weighted by Gasteiger charge is 2.06. The number of amides is 1. The Hall–Kier alpha value is -2.37. The van der Waals surface area contributed by atoms with Crippen molar-refractivity contribution in [3.05, 3.63) is 35.8 Å². The number of carbonyl (C=O) groups is 2. The molecule has 2 aromatic rings. The van der Waals surface area contributed by atoms with Crippen molar-refractivity contribution in [1.82, 2.24) is 14.7 Å². The Morgan fingerprint density at radius 1 is 1.53 bits per heavy atom. The first-order chi connectivity index (χ1) is 8.06. The Labute approximate surface area is 96.9 Å². The van der Waals surface area contributed by atoms with Gasteiger partial charge >= 0.3 is 5.97 Å². The average Bonchev–Trinajstić information content (AvgIpc) is 2.67. The molecule has 2 N–H and O–H groups in total. The number of carboxylic acid groups (broad SMARTS) is 1. The van der Waals surface area contributed by atoms with Crippen molar-refractivity contribution in [3.8, 4) is 0 Å². The lowest BCUT2D eigenvalue weighted by Gasteiger charge is -1.95. The summed E-state index contributed by atoms with van der Waals surface area (Å²) in [5.41, 5.74) is 1.42. The molecule has 2 rings (SSSR count). The number of aromatic nitrogens is 2. The van der Waals surface area contributed by atoms with Crippen LogP contribution in [0.2, 0.25) is 0 Å². The lowest BCUT2D eigenvalue weighted by Crippen LogP contribution is -2.18. The molecule has 0 bridgehead atoms. The van der Waals surface area contributed by atoms with Gasteiger partial charge in [0.1, 0.15) is 5.65 Å². The van der Waals surface area contributed by atoms with Crippen molar-refractivity contribution < 1.29 is 14.7 Å². The molecule has 88 valence electrons. The van der Waals surface area contributed by atoms with Crippen LogP contribution in [0.3, 0.4) is 0 Å². The SMILES string of the molecule is CC(=O)NCc1cn2ccc(C(=O)O)cc2n1. The number of hydrogen-bond donors (Lipinski definition) is 2. The van der Waals surface area contributed by atoms with Crippen LogP contribution in [0.4, 0.5) is 0 Å². The molecule has 0 aliphatic rings. The highest BCUT2D eigenvalue weighted by Crippen LogP contribution is 2.08. The largest absolute Gasteiger partial charge is 0.478 e. The van der Waals surface area contributed by atoms with E-state index < -0.39 is 5.97 Å². The van der Waals surface area contributed by atoms with Gasteiger partial charge < -0.3 is 14.8 Å². The minimum absolute atomic E-state index is 0.131. The van der Waals surface area contributed by atoms with Crippen LogP contribution in [0.1, 0.15) is 23.0 Å². The minimum Gasteiger partial charge on any atom is -0.478 e. The van der Waals surface area contributed by atoms with E-state index in [1.165, 1.54) is 19.1 Å². The Kier molecular flexibility index (Phi) is 2.78. The zero-order valence-electron chi connectivity index (χ0n) is 9.17. The summed E-state index contributed by atoms with van der Waals surface area (Å²) in [6.45, 7) is 1.76. The smallest absolute Gasteiger partial charge is 0.335 e. The van der Waals surface area contributed by atoms with Crippen molar-refractivity contribution >= 4 is 17.5 Å². The van der Waals surface area contributed by atoms with Gasteiger partial charge in [0.15, 0.2) is 0 Å². The molecule has 0 aromatic carbocycles. The van der Waals surface area contributed by atoms with Crippen LogP contribution in [-0.4, -0.2) is 26.4 Å². The van der Waals surface area contributed by atoms with Gasteiger partial charge in [-0.3, -0.25) is 4.79 Å². The number of nitrogens with one attached hydrogen (secondary N) is 1. The molecule has 0 radical (unpaired) electrons. The normalized spacial score (nSPS) is 10.4. The predicted octanol–water partition coefficient (Wildman–Crippen LogP) is 0.669. The van der Waals surface area contributed by atoms with Gasteiger partial charge in [-0.1, -0.05) is 0 Å². The highest BCUT2D eigenvalue weighted by molar-refractivity contribution is 5.88. The summed E-state index contributed by atoms with van der Waals surface area (Å²) in [7, 11) is 0. The molecule has 0 atom stereocenters. The first-order valence-electron chi connectivity index (χ1n) is 5.01. The van der Waals surface area contributed by atoms with Crippen LogP contribution in [-0.2, 0) is 11.3 Å². The minimum atomic E-state index is -0.987. The van der Waals surface area contributed by atoms with Crippen molar-refractivity contribution in [2.24, 2.45) is 0 Å². The van der Waals surface area contributed by atoms with Crippen LogP contribution in [0, 0.1) is 0 Å². The molecule has 0 saturated heterocycles. The van der Waals surface area contributed by atoms with E-state index in [9.17, 15) is 9.59 Å². The van der Waals surface area contributed by atoms with Crippen LogP contribution in [0.25, 0.3) is 5.65 Å². The van der Waals surface area contributed by atoms with Gasteiger partial charge in [-0.15, -0.1) is 0 Å². The summed E-state index contributed by atoms with van der Waals surface area (Å²) in [6.07, 6.45) is 3.37. The topological polar surface area (TPSA) is 83.7 Å². The van der Waals surface area contributed by atoms with Crippen LogP contribution >= 0.6 is 0 Å². The quantitative estimate of drug-likeness (QED) is 0.816. The fourth-order valence-electron chi connectivity index (χ4n) is 1.47. The fourth-order valence-corrected chi connectivity index (χ4v) is 1.47. The molecule has 6 heteroatoms. The second-order valence-electron chi connectivity index (χ2n) is 3.63. The molecule has 17 heavy (non-hydrogen) atoms. The maximum absolute atomic E-state index is 10.8. The number of carbonyl (C=O) groups excluding carboxylic acids is 1. The Morgan fingerprint density at radius 3 is 2.94 bits per heavy atom. The van der Waals surface area contributed by atoms with E-state index >= 15 is 0 Å². The van der Waals surface area contributed by atoms with Gasteiger partial charge in [-0.05, 0) is 12.1 Å². The Morgan fingerprint density at radius 2 is 2.29 bits per heavy atom. The van der Waals surface area contributed by atoms with E-state index in [4.69, 9.17) is 5.11 Å². The lowest BCUT2D eigenvalue weighted by molar-refractivity contribution is -0.119. The number of fused-ring (bicyclic) bond motifs is 1. The number of carboxylic acids is 1. The number of rotatable bonds is 3. The summed E-state index contributed by atoms with van der Waals surface area (Å²) >= 11 is 0. The summed E-state index contributed by atoms with van der Waals surface area (Å²) < 4.78 is 1.71. The summed E-state index contributed by atoms with van der Waals surface area (Å²) in [6, 6.07) is 2.98. The summed E-state index contributed by atoms with van der Waals surface area (Å²) in [5.74, 6) is -1.12. The molecular weight excluding hydrogens is 222 g/mol. The van der Waals surface area contributed by atoms with Crippen LogP contribution < -0.4 is 5.32 Å². The molecule has 2 heterocycles. The monoisotopic (exact) mass is 233 g/mol. The third-order valence-electron chi connectivity index (χ3n) is 2.28. The van der Waals surface area contributed by atoms with Gasteiger partial charge in [0.05, 0.1) is 17.8 Å². The lowest BCUT2D eigenvalue weighted by atomic mass is 10.3. The maximum atomic E-state index is 10.8. The first-order valence-corrected chi connectivity index (χ1v) is 5.01. The molecule has 2 aromatic heterocycles. The van der Waals surface area contributed by atoms with Crippen molar-refractivity contribution in [1.29, 1.82) is 0 Å². The molecule has 6 nitrogen and oxygen atoms in total. The van der Waals surface area contributed by atoms with E-state index in [0.29, 0.717) is 17.9 Å². The van der Waals surface area contributed by atoms with Gasteiger partial charge in [0.2, 0.25) is 5.91 Å². The number of pyridine rings is 1. The standard InChI is InChI=1S/C11H11N3O3/c1-7(15)12-5-9-6-14-3-2-8(11(16)17)4-10(14)13-9/h2-4,6H,5H2,1H3,(H,12,15)(H,16,17). The average molecular weight is 233 g/mol. The maximum Gasteiger partial charge on any atom is 0.335 e. The molecule has 0 fully saturated rings. The zero-order valence-corrected chi connectivity index (χ0v) is 9.17. The summed E-state index contributed by atoms with van der Waals surface area (Å²) in [5, 5.41) is 11.5. The third kappa shape index (κ3) is 2.41. The number of aromatic carboxylic acids is 1. The third-order valence-corrected chi connectivity index (χ3v) is 2.28. The molecule has 0 aliphatic carbocycles. The number of nitrogens with zero attached hydrogens (tertiary/aromatic N) is 2. The van der Waals surface area contributed by atoms with Gasteiger partial charge in [-0.25, -0.2) is 9.78 Å². The molecule has 0 aliphatic heterocycles. The van der Waals surface area contributed by atoms with E-state index in [1.54, 1.807) is 16.8 Å². The summed E-state index contributed by atoms with van der Waals surface area (Å²) in [4.78, 5) is 25.7. The van der Waals surface area contributed by atoms with Crippen LogP contribution in [0.5, 0.6) is 0 Å². The van der Waals surface area contributed by atoms with E-state index in [2.05, 4.69) is 10.3 Å². The Bertz CT molecular complexity index is 589. The van der Waals surface area contributed by atoms with Gasteiger partial charge in [0.25, 0.3) is 0 Å². The molecule has 0 saturated carbocycles. The predicted molar refractivity (Wildman–Crippen MR) is 59.7 cm³/mol. The highest BCUT2D eigenvalue weighted by atomic mass is 16.4. The molecule has 1 amide bonds. The number of imidazole rings is 1. The van der Waals surface area contributed by atoms with Crippen molar-refractivity contribution in [2.45, 2.75) is 13.5 Å². The first kappa shape index (κ1) is 11.1. The molecular formula is C11H11N3O3. The van der Waals surface area contributed by atoms with E-state index in [-0.39, 0.29) is 11.5 Å². The zero-order chi connectivity index (χ0) is 12.4. The Balaban J connectivity index is 2.30. The molecule has 0 spiro atoms.